The fraction of sp³-hybridized carbons (Fsp3) is 0.312. The molecule has 18 heavy (non-hydrogen) atoms. The van der Waals surface area contributed by atoms with Crippen LogP contribution in [0.25, 0.3) is 6.08 Å². The van der Waals surface area contributed by atoms with Crippen LogP contribution in [-0.4, -0.2) is 12.6 Å². The maximum atomic E-state index is 11.7. The van der Waals surface area contributed by atoms with Crippen LogP contribution in [0, 0.1) is 5.92 Å². The second-order valence-corrected chi connectivity index (χ2v) is 4.63. The van der Waals surface area contributed by atoms with Crippen molar-refractivity contribution >= 4 is 12.0 Å². The van der Waals surface area contributed by atoms with Crippen LogP contribution in [0.5, 0.6) is 0 Å². The second kappa shape index (κ2) is 6.20. The average Bonchev–Trinajstić information content (AvgIpc) is 2.82. The Morgan fingerprint density at radius 1 is 1.39 bits per heavy atom. The first-order valence-corrected chi connectivity index (χ1v) is 6.30. The normalized spacial score (nSPS) is 19.3. The topological polar surface area (TPSA) is 26.3 Å². The van der Waals surface area contributed by atoms with Crippen molar-refractivity contribution in [3.05, 3.63) is 54.1 Å². The SMILES string of the molecule is C=C1CC[C@H](C(=O)OCC=Cc2ccccc2)C1. The van der Waals surface area contributed by atoms with E-state index in [1.54, 1.807) is 0 Å². The molecule has 1 aromatic carbocycles. The summed E-state index contributed by atoms with van der Waals surface area (Å²) in [6.45, 7) is 4.25. The van der Waals surface area contributed by atoms with Gasteiger partial charge in [0.25, 0.3) is 0 Å². The Bertz CT molecular complexity index is 445. The molecule has 0 N–H and O–H groups in total. The number of hydrogen-bond donors (Lipinski definition) is 0. The molecule has 2 rings (SSSR count). The summed E-state index contributed by atoms with van der Waals surface area (Å²) in [5, 5.41) is 0. The Kier molecular flexibility index (Phi) is 4.35. The van der Waals surface area contributed by atoms with E-state index in [9.17, 15) is 4.79 Å². The van der Waals surface area contributed by atoms with Gasteiger partial charge < -0.3 is 4.74 Å². The Hall–Kier alpha value is -1.83. The van der Waals surface area contributed by atoms with E-state index in [1.807, 2.05) is 42.5 Å². The molecule has 0 radical (unpaired) electrons. The van der Waals surface area contributed by atoms with E-state index in [0.717, 1.165) is 30.4 Å². The van der Waals surface area contributed by atoms with Gasteiger partial charge in [0.15, 0.2) is 0 Å². The maximum absolute atomic E-state index is 11.7. The smallest absolute Gasteiger partial charge is 0.309 e. The van der Waals surface area contributed by atoms with Crippen molar-refractivity contribution in [1.82, 2.24) is 0 Å². The zero-order valence-electron chi connectivity index (χ0n) is 10.5. The molecule has 1 saturated carbocycles. The third kappa shape index (κ3) is 3.59. The van der Waals surface area contributed by atoms with Gasteiger partial charge in [-0.25, -0.2) is 0 Å². The van der Waals surface area contributed by atoms with Gasteiger partial charge in [-0.05, 0) is 30.9 Å². The van der Waals surface area contributed by atoms with E-state index in [-0.39, 0.29) is 11.9 Å². The van der Waals surface area contributed by atoms with E-state index >= 15 is 0 Å². The van der Waals surface area contributed by atoms with Crippen molar-refractivity contribution in [2.75, 3.05) is 6.61 Å². The van der Waals surface area contributed by atoms with Gasteiger partial charge in [0, 0.05) is 0 Å². The summed E-state index contributed by atoms with van der Waals surface area (Å²) in [5.74, 6) is -0.0611. The van der Waals surface area contributed by atoms with E-state index < -0.39 is 0 Å². The van der Waals surface area contributed by atoms with Crippen molar-refractivity contribution in [3.63, 3.8) is 0 Å². The van der Waals surface area contributed by atoms with Gasteiger partial charge in [-0.3, -0.25) is 4.79 Å². The third-order valence-electron chi connectivity index (χ3n) is 3.15. The fourth-order valence-electron chi connectivity index (χ4n) is 2.13. The largest absolute Gasteiger partial charge is 0.461 e. The lowest BCUT2D eigenvalue weighted by molar-refractivity contribution is -0.146. The maximum Gasteiger partial charge on any atom is 0.309 e. The first-order valence-electron chi connectivity index (χ1n) is 6.30. The van der Waals surface area contributed by atoms with Crippen molar-refractivity contribution in [2.45, 2.75) is 19.3 Å². The minimum atomic E-state index is -0.0913. The Labute approximate surface area is 108 Å². The molecule has 1 aromatic rings. The van der Waals surface area contributed by atoms with Gasteiger partial charge in [0.1, 0.15) is 6.61 Å². The van der Waals surface area contributed by atoms with E-state index in [0.29, 0.717) is 6.61 Å². The summed E-state index contributed by atoms with van der Waals surface area (Å²) in [5.41, 5.74) is 2.28. The lowest BCUT2D eigenvalue weighted by Gasteiger charge is -2.07. The predicted octanol–water partition coefficient (Wildman–Crippen LogP) is 3.60. The van der Waals surface area contributed by atoms with Gasteiger partial charge in [-0.2, -0.15) is 0 Å². The lowest BCUT2D eigenvalue weighted by Crippen LogP contribution is -2.14. The fourth-order valence-corrected chi connectivity index (χ4v) is 2.13. The number of allylic oxidation sites excluding steroid dienone is 1. The van der Waals surface area contributed by atoms with E-state index in [1.165, 1.54) is 0 Å². The molecule has 0 aromatic heterocycles. The Balaban J connectivity index is 1.74. The number of rotatable bonds is 4. The summed E-state index contributed by atoms with van der Waals surface area (Å²) in [7, 11) is 0. The molecule has 0 spiro atoms. The van der Waals surface area contributed by atoms with Gasteiger partial charge >= 0.3 is 5.97 Å². The standard InChI is InChI=1S/C16H18O2/c1-13-9-10-15(12-13)16(17)18-11-5-8-14-6-3-2-4-7-14/h2-8,15H,1,9-12H2/t15-/m0/s1. The Morgan fingerprint density at radius 3 is 2.83 bits per heavy atom. The first-order chi connectivity index (χ1) is 8.75. The molecule has 0 amide bonds. The predicted molar refractivity (Wildman–Crippen MR) is 72.9 cm³/mol. The Morgan fingerprint density at radius 2 is 2.17 bits per heavy atom. The highest BCUT2D eigenvalue weighted by Crippen LogP contribution is 2.29. The van der Waals surface area contributed by atoms with Crippen LogP contribution in [0.2, 0.25) is 0 Å². The molecule has 0 heterocycles. The van der Waals surface area contributed by atoms with Gasteiger partial charge in [0.2, 0.25) is 0 Å². The highest BCUT2D eigenvalue weighted by Gasteiger charge is 2.25. The number of ether oxygens (including phenoxy) is 1. The summed E-state index contributed by atoms with van der Waals surface area (Å²) < 4.78 is 5.23. The van der Waals surface area contributed by atoms with Crippen LogP contribution in [-0.2, 0) is 9.53 Å². The van der Waals surface area contributed by atoms with Crippen molar-refractivity contribution in [2.24, 2.45) is 5.92 Å². The molecule has 1 aliphatic carbocycles. The van der Waals surface area contributed by atoms with Crippen molar-refractivity contribution < 1.29 is 9.53 Å². The summed E-state index contributed by atoms with van der Waals surface area (Å²) in [4.78, 5) is 11.7. The molecule has 0 unspecified atom stereocenters. The van der Waals surface area contributed by atoms with Crippen molar-refractivity contribution in [3.8, 4) is 0 Å². The molecule has 0 bridgehead atoms. The highest BCUT2D eigenvalue weighted by atomic mass is 16.5. The molecule has 2 heteroatoms. The van der Waals surface area contributed by atoms with Crippen LogP contribution in [0.4, 0.5) is 0 Å². The van der Waals surface area contributed by atoms with Gasteiger partial charge in [-0.15, -0.1) is 0 Å². The van der Waals surface area contributed by atoms with Crippen LogP contribution in [0.1, 0.15) is 24.8 Å². The molecular formula is C16H18O2. The molecular weight excluding hydrogens is 224 g/mol. The molecule has 1 aliphatic rings. The lowest BCUT2D eigenvalue weighted by atomic mass is 10.1. The van der Waals surface area contributed by atoms with Crippen LogP contribution < -0.4 is 0 Å². The van der Waals surface area contributed by atoms with Crippen molar-refractivity contribution in [1.29, 1.82) is 0 Å². The number of hydrogen-bond acceptors (Lipinski definition) is 2. The zero-order chi connectivity index (χ0) is 12.8. The van der Waals surface area contributed by atoms with E-state index in [2.05, 4.69) is 6.58 Å². The summed E-state index contributed by atoms with van der Waals surface area (Å²) >= 11 is 0. The summed E-state index contributed by atoms with van der Waals surface area (Å²) in [6.07, 6.45) is 6.47. The number of benzene rings is 1. The van der Waals surface area contributed by atoms with E-state index in [4.69, 9.17) is 4.74 Å². The van der Waals surface area contributed by atoms with Crippen LogP contribution >= 0.6 is 0 Å². The average molecular weight is 242 g/mol. The first kappa shape index (κ1) is 12.6. The monoisotopic (exact) mass is 242 g/mol. The number of carbonyl (C=O) groups excluding carboxylic acids is 1. The molecule has 2 nitrogen and oxygen atoms in total. The number of carbonyl (C=O) groups is 1. The molecule has 1 fully saturated rings. The highest BCUT2D eigenvalue weighted by molar-refractivity contribution is 5.73. The minimum absolute atomic E-state index is 0.0302. The van der Waals surface area contributed by atoms with Crippen LogP contribution in [0.3, 0.4) is 0 Å². The quantitative estimate of drug-likeness (QED) is 0.595. The van der Waals surface area contributed by atoms with Gasteiger partial charge in [0.05, 0.1) is 5.92 Å². The second-order valence-electron chi connectivity index (χ2n) is 4.63. The third-order valence-corrected chi connectivity index (χ3v) is 3.15. The molecule has 1 atom stereocenters. The summed E-state index contributed by atoms with van der Waals surface area (Å²) in [6, 6.07) is 9.97. The van der Waals surface area contributed by atoms with Gasteiger partial charge in [-0.1, -0.05) is 48.6 Å². The molecule has 94 valence electrons. The van der Waals surface area contributed by atoms with Crippen LogP contribution in [0.15, 0.2) is 48.6 Å². The number of esters is 1. The molecule has 0 aliphatic heterocycles. The molecule has 0 saturated heterocycles. The minimum Gasteiger partial charge on any atom is -0.461 e. The zero-order valence-corrected chi connectivity index (χ0v) is 10.5.